The summed E-state index contributed by atoms with van der Waals surface area (Å²) in [4.78, 5) is 2.34. The van der Waals surface area contributed by atoms with E-state index in [1.807, 2.05) is 6.92 Å². The van der Waals surface area contributed by atoms with Gasteiger partial charge in [-0.2, -0.15) is 0 Å². The van der Waals surface area contributed by atoms with Crippen molar-refractivity contribution >= 4 is 0 Å². The molecule has 0 spiro atoms. The molecule has 1 N–H and O–H groups in total. The van der Waals surface area contributed by atoms with Gasteiger partial charge in [0, 0.05) is 6.42 Å². The minimum atomic E-state index is -2.15. The van der Waals surface area contributed by atoms with Crippen LogP contribution in [0.1, 0.15) is 98.8 Å². The summed E-state index contributed by atoms with van der Waals surface area (Å²) in [5, 5.41) is 10.2. The third-order valence-electron chi connectivity index (χ3n) is 9.21. The molecule has 3 rings (SSSR count). The van der Waals surface area contributed by atoms with Gasteiger partial charge in [0.25, 0.3) is 0 Å². The second kappa shape index (κ2) is 12.1. The van der Waals surface area contributed by atoms with E-state index < -0.39 is 6.43 Å². The average molecular weight is 542 g/mol. The Morgan fingerprint density at radius 3 is 2.23 bits per heavy atom. The Morgan fingerprint density at radius 1 is 1.03 bits per heavy atom. The Kier molecular flexibility index (Phi) is 10.8. The fourth-order valence-corrected chi connectivity index (χ4v) is 8.41. The van der Waals surface area contributed by atoms with Crippen molar-refractivity contribution in [3.8, 4) is 0 Å². The molecule has 0 saturated heterocycles. The molecule has 3 aliphatic rings. The van der Waals surface area contributed by atoms with Crippen LogP contribution in [-0.2, 0) is 0 Å². The molecule has 180 valence electrons. The van der Waals surface area contributed by atoms with Crippen LogP contribution in [0.3, 0.4) is 0 Å². The average Bonchev–Trinajstić information content (AvgIpc) is 3.06. The van der Waals surface area contributed by atoms with Crippen molar-refractivity contribution in [2.45, 2.75) is 115 Å². The fourth-order valence-electron chi connectivity index (χ4n) is 7.53. The number of halogens is 3. The SMILES string of the molecule is CCC(C)[I-]C.CCCC1C(CC(F)F)CCC2C1CCC1(C)C(C(C)O)CCC21. The number of rotatable bonds is 7. The van der Waals surface area contributed by atoms with Gasteiger partial charge in [-0.3, -0.25) is 0 Å². The second-order valence-electron chi connectivity index (χ2n) is 10.7. The summed E-state index contributed by atoms with van der Waals surface area (Å²) in [5.41, 5.74) is 0.279. The van der Waals surface area contributed by atoms with Crippen LogP contribution in [-0.4, -0.2) is 26.5 Å². The molecular formula is C26H48F2IO-. The molecule has 0 aliphatic heterocycles. The Labute approximate surface area is 195 Å². The monoisotopic (exact) mass is 541 g/mol. The molecule has 0 aromatic rings. The van der Waals surface area contributed by atoms with Crippen LogP contribution in [0, 0.1) is 40.9 Å². The Bertz CT molecular complexity index is 495. The van der Waals surface area contributed by atoms with E-state index in [4.69, 9.17) is 0 Å². The number of hydrogen-bond donors (Lipinski definition) is 1. The van der Waals surface area contributed by atoms with E-state index in [9.17, 15) is 13.9 Å². The maximum atomic E-state index is 13.0. The largest absolute Gasteiger partial charge is 0.393 e. The van der Waals surface area contributed by atoms with Gasteiger partial charge >= 0.3 is 50.3 Å². The molecule has 0 aromatic heterocycles. The molecule has 30 heavy (non-hydrogen) atoms. The first-order valence-electron chi connectivity index (χ1n) is 12.6. The van der Waals surface area contributed by atoms with Crippen molar-refractivity contribution in [1.29, 1.82) is 0 Å². The van der Waals surface area contributed by atoms with E-state index in [0.717, 1.165) is 41.9 Å². The van der Waals surface area contributed by atoms with Crippen molar-refractivity contribution in [3.63, 3.8) is 0 Å². The maximum absolute atomic E-state index is 13.0. The van der Waals surface area contributed by atoms with Gasteiger partial charge in [-0.05, 0) is 86.4 Å². The second-order valence-corrected chi connectivity index (χ2v) is 14.1. The topological polar surface area (TPSA) is 20.2 Å². The van der Waals surface area contributed by atoms with Crippen molar-refractivity contribution in [2.75, 3.05) is 4.93 Å². The van der Waals surface area contributed by atoms with Gasteiger partial charge in [0.15, 0.2) is 0 Å². The van der Waals surface area contributed by atoms with Gasteiger partial charge in [0.1, 0.15) is 0 Å². The molecule has 9 atom stereocenters. The molecule has 0 amide bonds. The number of alkyl halides is 4. The smallest absolute Gasteiger partial charge is 0.238 e. The number of hydrogen-bond acceptors (Lipinski definition) is 1. The molecule has 1 nitrogen and oxygen atoms in total. The van der Waals surface area contributed by atoms with Crippen molar-refractivity contribution in [2.24, 2.45) is 40.9 Å². The van der Waals surface area contributed by atoms with Gasteiger partial charge in [-0.25, -0.2) is 8.78 Å². The third-order valence-corrected chi connectivity index (χ3v) is 12.2. The van der Waals surface area contributed by atoms with E-state index in [1.54, 1.807) is 0 Å². The summed E-state index contributed by atoms with van der Waals surface area (Å²) in [5.74, 6) is 3.28. The molecule has 9 unspecified atom stereocenters. The van der Waals surface area contributed by atoms with Gasteiger partial charge < -0.3 is 5.11 Å². The predicted octanol–water partition coefficient (Wildman–Crippen LogP) is 4.41. The quantitative estimate of drug-likeness (QED) is 0.374. The normalized spacial score (nSPS) is 40.3. The molecule has 0 aromatic carbocycles. The molecule has 0 heterocycles. The summed E-state index contributed by atoms with van der Waals surface area (Å²) in [6.45, 7) is 11.2. The van der Waals surface area contributed by atoms with Crippen LogP contribution in [0.15, 0.2) is 0 Å². The van der Waals surface area contributed by atoms with Gasteiger partial charge in [0.05, 0.1) is 6.10 Å². The van der Waals surface area contributed by atoms with E-state index >= 15 is 0 Å². The first-order chi connectivity index (χ1) is 14.2. The minimum Gasteiger partial charge on any atom is -0.393 e. The van der Waals surface area contributed by atoms with Gasteiger partial charge in [0.2, 0.25) is 6.43 Å². The van der Waals surface area contributed by atoms with Crippen molar-refractivity contribution < 1.29 is 35.1 Å². The van der Waals surface area contributed by atoms with E-state index in [-0.39, 0.29) is 23.9 Å². The van der Waals surface area contributed by atoms with Gasteiger partial charge in [-0.1, -0.05) is 26.7 Å². The van der Waals surface area contributed by atoms with Crippen LogP contribution in [0.4, 0.5) is 8.78 Å². The number of aliphatic hydroxyl groups is 1. The molecular weight excluding hydrogens is 493 g/mol. The van der Waals surface area contributed by atoms with Crippen LogP contribution >= 0.6 is 0 Å². The summed E-state index contributed by atoms with van der Waals surface area (Å²) >= 11 is 0.545. The van der Waals surface area contributed by atoms with Crippen molar-refractivity contribution in [3.05, 3.63) is 0 Å². The summed E-state index contributed by atoms with van der Waals surface area (Å²) in [6, 6.07) is 0. The van der Waals surface area contributed by atoms with E-state index in [0.29, 0.717) is 44.9 Å². The molecule has 3 fully saturated rings. The van der Waals surface area contributed by atoms with E-state index in [2.05, 4.69) is 32.6 Å². The minimum absolute atomic E-state index is 0.117. The zero-order valence-electron chi connectivity index (χ0n) is 20.3. The standard InChI is InChI=1S/C21H36F2O.C5H12I/c1-4-5-15-14(12-20(22)23)6-7-17-16(15)10-11-21(3)18(13(2)24)8-9-19(17)21;1-4-5(2)6-3/h13-20,24H,4-12H2,1-3H3;5H,4H2,1-3H3/q;-1. The summed E-state index contributed by atoms with van der Waals surface area (Å²) in [6.07, 6.45) is 8.32. The van der Waals surface area contributed by atoms with Crippen LogP contribution in [0.5, 0.6) is 0 Å². The summed E-state index contributed by atoms with van der Waals surface area (Å²) < 4.78 is 27.1. The maximum Gasteiger partial charge on any atom is 0.238 e. The third kappa shape index (κ3) is 6.11. The Hall–Kier alpha value is 0.550. The molecule has 3 aliphatic carbocycles. The van der Waals surface area contributed by atoms with Crippen LogP contribution in [0.25, 0.3) is 0 Å². The summed E-state index contributed by atoms with van der Waals surface area (Å²) in [7, 11) is 0. The van der Waals surface area contributed by atoms with Crippen molar-refractivity contribution in [1.82, 2.24) is 0 Å². The predicted molar refractivity (Wildman–Crippen MR) is 120 cm³/mol. The molecule has 4 heteroatoms. The molecule has 0 radical (unpaired) electrons. The Morgan fingerprint density at radius 2 is 1.73 bits per heavy atom. The molecule has 3 saturated carbocycles. The van der Waals surface area contributed by atoms with Crippen LogP contribution in [0.2, 0.25) is 0 Å². The number of fused-ring (bicyclic) bond motifs is 3. The molecule has 0 bridgehead atoms. The number of aliphatic hydroxyl groups excluding tert-OH is 1. The zero-order valence-corrected chi connectivity index (χ0v) is 22.5. The first kappa shape index (κ1) is 26.8. The first-order valence-corrected chi connectivity index (χ1v) is 16.0. The zero-order chi connectivity index (χ0) is 22.5. The van der Waals surface area contributed by atoms with Crippen LogP contribution < -0.4 is 21.2 Å². The Balaban J connectivity index is 0.000000469. The van der Waals surface area contributed by atoms with E-state index in [1.165, 1.54) is 25.7 Å². The fraction of sp³-hybridized carbons (Fsp3) is 1.00. The van der Waals surface area contributed by atoms with Gasteiger partial charge in [-0.15, -0.1) is 0 Å².